The summed E-state index contributed by atoms with van der Waals surface area (Å²) in [7, 11) is 3.10. The lowest BCUT2D eigenvalue weighted by Crippen LogP contribution is -1.99. The van der Waals surface area contributed by atoms with E-state index in [1.165, 1.54) is 13.2 Å². The van der Waals surface area contributed by atoms with Crippen LogP contribution in [0, 0.1) is 0 Å². The topological polar surface area (TPSA) is 48.4 Å². The molecular weight excluding hydrogens is 302 g/mol. The molecule has 0 saturated carbocycles. The van der Waals surface area contributed by atoms with Crippen molar-refractivity contribution in [2.45, 2.75) is 0 Å². The van der Waals surface area contributed by atoms with Crippen LogP contribution in [0.3, 0.4) is 0 Å². The maximum absolute atomic E-state index is 12.4. The third-order valence-corrected chi connectivity index (χ3v) is 3.70. The summed E-state index contributed by atoms with van der Waals surface area (Å²) in [6.07, 6.45) is 3.21. The van der Waals surface area contributed by atoms with Crippen LogP contribution < -0.4 is 9.47 Å². The summed E-state index contributed by atoms with van der Waals surface area (Å²) in [5.41, 5.74) is 2.11. The van der Waals surface area contributed by atoms with E-state index in [9.17, 15) is 4.79 Å². The Labute approximate surface area is 140 Å². The molecule has 0 N–H and O–H groups in total. The number of hydrogen-bond donors (Lipinski definition) is 0. The van der Waals surface area contributed by atoms with E-state index in [0.717, 1.165) is 16.6 Å². The molecule has 0 aliphatic rings. The van der Waals surface area contributed by atoms with Crippen LogP contribution >= 0.6 is 0 Å². The molecule has 0 spiro atoms. The SMILES string of the molecule is COc1ccc(C(=O)/C=C/c2ccc3ccccc3n2)c(OC)c1. The highest BCUT2D eigenvalue weighted by Crippen LogP contribution is 2.25. The lowest BCUT2D eigenvalue weighted by molar-refractivity contribution is 0.104. The molecule has 3 rings (SSSR count). The Morgan fingerprint density at radius 2 is 1.83 bits per heavy atom. The molecule has 120 valence electrons. The van der Waals surface area contributed by atoms with Crippen LogP contribution in [0.4, 0.5) is 0 Å². The van der Waals surface area contributed by atoms with Crippen molar-refractivity contribution in [2.75, 3.05) is 14.2 Å². The highest BCUT2D eigenvalue weighted by Gasteiger charge is 2.10. The number of fused-ring (bicyclic) bond motifs is 1. The second-order valence-corrected chi connectivity index (χ2v) is 5.19. The van der Waals surface area contributed by atoms with Crippen molar-refractivity contribution in [1.29, 1.82) is 0 Å². The molecule has 1 heterocycles. The number of methoxy groups -OCH3 is 2. The van der Waals surface area contributed by atoms with Crippen LogP contribution in [0.5, 0.6) is 11.5 Å². The zero-order valence-corrected chi connectivity index (χ0v) is 13.5. The third-order valence-electron chi connectivity index (χ3n) is 3.70. The summed E-state index contributed by atoms with van der Waals surface area (Å²) in [5, 5.41) is 1.07. The zero-order valence-electron chi connectivity index (χ0n) is 13.5. The number of benzene rings is 2. The first-order valence-electron chi connectivity index (χ1n) is 7.51. The molecule has 0 amide bonds. The highest BCUT2D eigenvalue weighted by atomic mass is 16.5. The van der Waals surface area contributed by atoms with Crippen LogP contribution in [0.1, 0.15) is 16.1 Å². The van der Waals surface area contributed by atoms with Gasteiger partial charge in [-0.3, -0.25) is 4.79 Å². The predicted octanol–water partition coefficient (Wildman–Crippen LogP) is 4.15. The average Bonchev–Trinajstić information content (AvgIpc) is 2.65. The Balaban J connectivity index is 1.86. The van der Waals surface area contributed by atoms with Crippen LogP contribution in [0.15, 0.2) is 60.7 Å². The largest absolute Gasteiger partial charge is 0.497 e. The number of rotatable bonds is 5. The quantitative estimate of drug-likeness (QED) is 0.523. The van der Waals surface area contributed by atoms with Crippen molar-refractivity contribution >= 4 is 22.8 Å². The summed E-state index contributed by atoms with van der Waals surface area (Å²) in [5.74, 6) is 0.975. The van der Waals surface area contributed by atoms with Crippen molar-refractivity contribution in [3.63, 3.8) is 0 Å². The molecule has 0 unspecified atom stereocenters. The van der Waals surface area contributed by atoms with E-state index < -0.39 is 0 Å². The monoisotopic (exact) mass is 319 g/mol. The van der Waals surface area contributed by atoms with Gasteiger partial charge in [0.1, 0.15) is 11.5 Å². The number of nitrogens with zero attached hydrogens (tertiary/aromatic N) is 1. The highest BCUT2D eigenvalue weighted by molar-refractivity contribution is 6.08. The smallest absolute Gasteiger partial charge is 0.189 e. The van der Waals surface area contributed by atoms with Gasteiger partial charge in [-0.1, -0.05) is 24.3 Å². The molecule has 0 atom stereocenters. The summed E-state index contributed by atoms with van der Waals surface area (Å²) in [6, 6.07) is 16.8. The molecule has 2 aromatic carbocycles. The minimum Gasteiger partial charge on any atom is -0.497 e. The summed E-state index contributed by atoms with van der Waals surface area (Å²) in [4.78, 5) is 16.9. The zero-order chi connectivity index (χ0) is 16.9. The minimum atomic E-state index is -0.149. The Kier molecular flexibility index (Phi) is 4.57. The number of aromatic nitrogens is 1. The summed E-state index contributed by atoms with van der Waals surface area (Å²) < 4.78 is 10.4. The first kappa shape index (κ1) is 15.7. The van der Waals surface area contributed by atoms with Crippen LogP contribution in [0.25, 0.3) is 17.0 Å². The molecule has 4 nitrogen and oxygen atoms in total. The first-order valence-corrected chi connectivity index (χ1v) is 7.51. The second-order valence-electron chi connectivity index (χ2n) is 5.19. The van der Waals surface area contributed by atoms with Gasteiger partial charge >= 0.3 is 0 Å². The van der Waals surface area contributed by atoms with Gasteiger partial charge in [-0.05, 0) is 36.4 Å². The van der Waals surface area contributed by atoms with E-state index in [0.29, 0.717) is 17.1 Å². The van der Waals surface area contributed by atoms with Gasteiger partial charge in [-0.2, -0.15) is 0 Å². The van der Waals surface area contributed by atoms with Gasteiger partial charge < -0.3 is 9.47 Å². The number of hydrogen-bond acceptors (Lipinski definition) is 4. The molecule has 24 heavy (non-hydrogen) atoms. The molecule has 0 fully saturated rings. The van der Waals surface area contributed by atoms with Crippen molar-refractivity contribution in [2.24, 2.45) is 0 Å². The number of carbonyl (C=O) groups is 1. The average molecular weight is 319 g/mol. The maximum atomic E-state index is 12.4. The number of ketones is 1. The van der Waals surface area contributed by atoms with Gasteiger partial charge in [0.2, 0.25) is 0 Å². The molecule has 0 bridgehead atoms. The molecular formula is C20H17NO3. The summed E-state index contributed by atoms with van der Waals surface area (Å²) in [6.45, 7) is 0. The van der Waals surface area contributed by atoms with Gasteiger partial charge in [0.15, 0.2) is 5.78 Å². The van der Waals surface area contributed by atoms with Gasteiger partial charge in [0.05, 0.1) is 31.0 Å². The van der Waals surface area contributed by atoms with Crippen molar-refractivity contribution in [3.05, 3.63) is 71.9 Å². The van der Waals surface area contributed by atoms with Crippen LogP contribution in [-0.4, -0.2) is 25.0 Å². The predicted molar refractivity (Wildman–Crippen MR) is 94.7 cm³/mol. The normalized spacial score (nSPS) is 10.9. The lowest BCUT2D eigenvalue weighted by Gasteiger charge is -2.07. The first-order chi connectivity index (χ1) is 11.7. The number of allylic oxidation sites excluding steroid dienone is 1. The Morgan fingerprint density at radius 3 is 2.62 bits per heavy atom. The van der Waals surface area contributed by atoms with Crippen molar-refractivity contribution in [1.82, 2.24) is 4.98 Å². The van der Waals surface area contributed by atoms with E-state index in [4.69, 9.17) is 9.47 Å². The number of ether oxygens (including phenoxy) is 2. The molecule has 0 radical (unpaired) electrons. The maximum Gasteiger partial charge on any atom is 0.189 e. The fraction of sp³-hybridized carbons (Fsp3) is 0.100. The molecule has 0 aliphatic heterocycles. The molecule has 0 aliphatic carbocycles. The van der Waals surface area contributed by atoms with Crippen molar-refractivity contribution in [3.8, 4) is 11.5 Å². The van der Waals surface area contributed by atoms with Crippen LogP contribution in [0.2, 0.25) is 0 Å². The number of pyridine rings is 1. The van der Waals surface area contributed by atoms with Gasteiger partial charge in [0.25, 0.3) is 0 Å². The van der Waals surface area contributed by atoms with Gasteiger partial charge in [-0.15, -0.1) is 0 Å². The molecule has 3 aromatic rings. The number of para-hydroxylation sites is 1. The minimum absolute atomic E-state index is 0.149. The summed E-state index contributed by atoms with van der Waals surface area (Å²) >= 11 is 0. The Hall–Kier alpha value is -3.14. The fourth-order valence-corrected chi connectivity index (χ4v) is 2.43. The van der Waals surface area contributed by atoms with E-state index in [-0.39, 0.29) is 5.78 Å². The fourth-order valence-electron chi connectivity index (χ4n) is 2.43. The van der Waals surface area contributed by atoms with Gasteiger partial charge in [-0.25, -0.2) is 4.98 Å². The van der Waals surface area contributed by atoms with Crippen molar-refractivity contribution < 1.29 is 14.3 Å². The van der Waals surface area contributed by atoms with E-state index in [1.807, 2.05) is 36.4 Å². The lowest BCUT2D eigenvalue weighted by atomic mass is 10.1. The van der Waals surface area contributed by atoms with Gasteiger partial charge in [0, 0.05) is 11.5 Å². The molecule has 4 heteroatoms. The van der Waals surface area contributed by atoms with Crippen LogP contribution in [-0.2, 0) is 0 Å². The molecule has 1 aromatic heterocycles. The second kappa shape index (κ2) is 6.96. The standard InChI is InChI=1S/C20H17NO3/c1-23-16-10-11-17(20(13-16)24-2)19(22)12-9-15-8-7-14-5-3-4-6-18(14)21-15/h3-13H,1-2H3/b12-9+. The van der Waals surface area contributed by atoms with E-state index >= 15 is 0 Å². The Bertz CT molecular complexity index is 916. The number of carbonyl (C=O) groups excluding carboxylic acids is 1. The third kappa shape index (κ3) is 3.27. The van der Waals surface area contributed by atoms with E-state index in [1.54, 1.807) is 31.4 Å². The Morgan fingerprint density at radius 1 is 1.00 bits per heavy atom. The van der Waals surface area contributed by atoms with E-state index in [2.05, 4.69) is 4.98 Å². The molecule has 0 saturated heterocycles.